The molecule has 0 saturated heterocycles. The molecule has 3 amide bonds. The van der Waals surface area contributed by atoms with Gasteiger partial charge in [0.05, 0.1) is 11.6 Å². The normalized spacial score (nSPS) is 15.4. The van der Waals surface area contributed by atoms with Gasteiger partial charge in [-0.15, -0.1) is 10.2 Å². The minimum Gasteiger partial charge on any atom is -0.492 e. The van der Waals surface area contributed by atoms with Crippen molar-refractivity contribution in [2.45, 2.75) is 33.0 Å². The molecule has 4 aromatic rings. The molecule has 0 radical (unpaired) electrons. The Kier molecular flexibility index (Phi) is 11.7. The standard InChI is InChI=1S/C31H32ClF3N10O5S/c1-30(2)14-37-23(46)19-5-7-20(8-6-19)39-27-41-26(42-28(43-27)50-16-31(33,34)35)36-13-18-4-9-22(21(32)12-18)49-11-3-10-45(15-30)25(48)24(47)40-29-44-38-17-51-29/h4-9,12,17H,3,10-11,13-16H2,1-2H3,(H,37,46)(H,40,44,47)(H2,36,39,41,42,43). The highest BCUT2D eigenvalue weighted by Crippen LogP contribution is 2.27. The molecule has 2 aromatic carbocycles. The summed E-state index contributed by atoms with van der Waals surface area (Å²) in [6.07, 6.45) is -4.28. The summed E-state index contributed by atoms with van der Waals surface area (Å²) in [4.78, 5) is 52.7. The molecule has 8 rings (SSSR count). The van der Waals surface area contributed by atoms with Crippen LogP contribution in [0.3, 0.4) is 0 Å². The van der Waals surface area contributed by atoms with E-state index in [9.17, 15) is 27.6 Å². The van der Waals surface area contributed by atoms with Gasteiger partial charge in [-0.1, -0.05) is 42.9 Å². The first kappa shape index (κ1) is 37.0. The van der Waals surface area contributed by atoms with E-state index in [0.29, 0.717) is 29.0 Å². The van der Waals surface area contributed by atoms with Gasteiger partial charge >= 0.3 is 24.0 Å². The third-order valence-corrected chi connectivity index (χ3v) is 7.97. The molecule has 4 aliphatic rings. The SMILES string of the molecule is CC1(C)CNC(=O)c2ccc(cc2)Nc2nc(nc(OCC(F)(F)F)n2)NCc2ccc(c(Cl)c2)OCCCN(C(=O)C(=O)Nc2nncs2)C1. The van der Waals surface area contributed by atoms with E-state index in [4.69, 9.17) is 21.1 Å². The number of carbonyl (C=O) groups is 3. The molecule has 6 heterocycles. The molecule has 0 unspecified atom stereocenters. The Morgan fingerprint density at radius 3 is 2.57 bits per heavy atom. The fraction of sp³-hybridized carbons (Fsp3) is 0.355. The van der Waals surface area contributed by atoms with E-state index in [-0.39, 0.29) is 54.8 Å². The van der Waals surface area contributed by atoms with Gasteiger partial charge in [-0.2, -0.15) is 28.1 Å². The number of benzene rings is 2. The molecule has 15 nitrogen and oxygen atoms in total. The van der Waals surface area contributed by atoms with Crippen LogP contribution in [-0.2, 0) is 16.1 Å². The molecular formula is C31H32ClF3N10O5S. The Labute approximate surface area is 298 Å². The van der Waals surface area contributed by atoms with Crippen molar-refractivity contribution in [2.75, 3.05) is 48.8 Å². The largest absolute Gasteiger partial charge is 0.492 e. The number of hydrogen-bond acceptors (Lipinski definition) is 13. The zero-order chi connectivity index (χ0) is 36.6. The fourth-order valence-corrected chi connectivity index (χ4v) is 5.39. The summed E-state index contributed by atoms with van der Waals surface area (Å²) in [5.41, 5.74) is 2.14. The van der Waals surface area contributed by atoms with Crippen LogP contribution in [0.4, 0.5) is 35.9 Å². The Morgan fingerprint density at radius 2 is 1.86 bits per heavy atom. The number of nitrogens with one attached hydrogen (secondary N) is 4. The number of hydrogen-bond donors (Lipinski definition) is 4. The lowest BCUT2D eigenvalue weighted by molar-refractivity contribution is -0.154. The lowest BCUT2D eigenvalue weighted by Crippen LogP contribution is -2.48. The van der Waals surface area contributed by atoms with Gasteiger partial charge in [0.1, 0.15) is 11.3 Å². The van der Waals surface area contributed by atoms with Crippen molar-refractivity contribution < 1.29 is 37.0 Å². The monoisotopic (exact) mass is 748 g/mol. The van der Waals surface area contributed by atoms with E-state index in [2.05, 4.69) is 46.4 Å². The number of alkyl halides is 3. The second-order valence-electron chi connectivity index (χ2n) is 12.0. The van der Waals surface area contributed by atoms with Gasteiger partial charge in [-0.05, 0) is 53.8 Å². The predicted octanol–water partition coefficient (Wildman–Crippen LogP) is 4.68. The van der Waals surface area contributed by atoms with Crippen molar-refractivity contribution in [1.29, 1.82) is 0 Å². The highest BCUT2D eigenvalue weighted by molar-refractivity contribution is 7.13. The maximum absolute atomic E-state index is 13.3. The summed E-state index contributed by atoms with van der Waals surface area (Å²) in [5, 5.41) is 19.0. The van der Waals surface area contributed by atoms with Crippen LogP contribution in [0, 0.1) is 5.41 Å². The first-order chi connectivity index (χ1) is 24.2. The van der Waals surface area contributed by atoms with Gasteiger partial charge < -0.3 is 30.3 Å². The topological polar surface area (TPSA) is 185 Å². The highest BCUT2D eigenvalue weighted by atomic mass is 35.5. The number of halogens is 4. The minimum atomic E-state index is -4.62. The first-order valence-corrected chi connectivity index (χ1v) is 16.6. The van der Waals surface area contributed by atoms with Crippen molar-refractivity contribution >= 4 is 63.4 Å². The van der Waals surface area contributed by atoms with Crippen molar-refractivity contribution in [3.05, 3.63) is 64.1 Å². The summed E-state index contributed by atoms with van der Waals surface area (Å²) in [6, 6.07) is 10.6. The maximum Gasteiger partial charge on any atom is 0.422 e. The summed E-state index contributed by atoms with van der Waals surface area (Å²) in [7, 11) is 0. The lowest BCUT2D eigenvalue weighted by atomic mass is 9.92. The van der Waals surface area contributed by atoms with E-state index in [1.165, 1.54) is 22.5 Å². The molecule has 0 saturated carbocycles. The zero-order valence-electron chi connectivity index (χ0n) is 27.2. The first-order valence-electron chi connectivity index (χ1n) is 15.4. The molecule has 20 heteroatoms. The maximum atomic E-state index is 13.3. The summed E-state index contributed by atoms with van der Waals surface area (Å²) in [5.74, 6) is -1.89. The van der Waals surface area contributed by atoms with Crippen molar-refractivity contribution in [2.24, 2.45) is 5.41 Å². The second kappa shape index (κ2) is 16.2. The molecular weight excluding hydrogens is 717 g/mol. The average Bonchev–Trinajstić information content (AvgIpc) is 3.60. The number of anilines is 4. The van der Waals surface area contributed by atoms with Gasteiger partial charge in [0.15, 0.2) is 6.61 Å². The van der Waals surface area contributed by atoms with Crippen LogP contribution in [0.5, 0.6) is 11.8 Å². The van der Waals surface area contributed by atoms with Gasteiger partial charge in [0.25, 0.3) is 5.91 Å². The van der Waals surface area contributed by atoms with E-state index in [1.807, 2.05) is 13.8 Å². The molecule has 4 aliphatic heterocycles. The number of rotatable bonds is 3. The Hall–Kier alpha value is -5.30. The third-order valence-electron chi connectivity index (χ3n) is 7.07. The number of ether oxygens (including phenoxy) is 2. The van der Waals surface area contributed by atoms with E-state index >= 15 is 0 Å². The molecule has 0 atom stereocenters. The fourth-order valence-electron chi connectivity index (χ4n) is 4.69. The number of carbonyl (C=O) groups excluding carboxylic acids is 3. The van der Waals surface area contributed by atoms with Gasteiger partial charge in [-0.25, -0.2) is 0 Å². The lowest BCUT2D eigenvalue weighted by Gasteiger charge is -2.32. The molecule has 2 aromatic heterocycles. The zero-order valence-corrected chi connectivity index (χ0v) is 28.8. The number of amides is 3. The van der Waals surface area contributed by atoms with Crippen LogP contribution in [0.15, 0.2) is 48.0 Å². The Bertz CT molecular complexity index is 1850. The predicted molar refractivity (Wildman–Crippen MR) is 181 cm³/mol. The summed E-state index contributed by atoms with van der Waals surface area (Å²) < 4.78 is 49.3. The van der Waals surface area contributed by atoms with E-state index in [0.717, 1.165) is 11.3 Å². The van der Waals surface area contributed by atoms with Crippen LogP contribution in [0.25, 0.3) is 0 Å². The molecule has 6 bridgehead atoms. The Balaban J connectivity index is 1.38. The van der Waals surface area contributed by atoms with Crippen molar-refractivity contribution in [3.8, 4) is 11.8 Å². The molecule has 270 valence electrons. The van der Waals surface area contributed by atoms with Crippen LogP contribution in [-0.4, -0.2) is 86.8 Å². The molecule has 0 spiro atoms. The quantitative estimate of drug-likeness (QED) is 0.213. The summed E-state index contributed by atoms with van der Waals surface area (Å²) in [6.45, 7) is 2.76. The Morgan fingerprint density at radius 1 is 1.10 bits per heavy atom. The van der Waals surface area contributed by atoms with Crippen molar-refractivity contribution in [3.63, 3.8) is 0 Å². The minimum absolute atomic E-state index is 0.0784. The summed E-state index contributed by atoms with van der Waals surface area (Å²) >= 11 is 7.55. The van der Waals surface area contributed by atoms with Crippen LogP contribution in [0.1, 0.15) is 36.2 Å². The van der Waals surface area contributed by atoms with Crippen LogP contribution < -0.4 is 30.7 Å². The van der Waals surface area contributed by atoms with Gasteiger partial charge in [0.2, 0.25) is 17.0 Å². The highest BCUT2D eigenvalue weighted by Gasteiger charge is 2.30. The second-order valence-corrected chi connectivity index (χ2v) is 13.2. The van der Waals surface area contributed by atoms with E-state index < -0.39 is 41.9 Å². The van der Waals surface area contributed by atoms with Crippen LogP contribution in [0.2, 0.25) is 5.02 Å². The molecule has 51 heavy (non-hydrogen) atoms. The molecule has 0 aliphatic carbocycles. The van der Waals surface area contributed by atoms with Gasteiger partial charge in [0, 0.05) is 37.4 Å². The molecule has 0 fully saturated rings. The number of aromatic nitrogens is 5. The average molecular weight is 749 g/mol. The van der Waals surface area contributed by atoms with E-state index in [1.54, 1.807) is 30.3 Å². The van der Waals surface area contributed by atoms with Gasteiger partial charge in [-0.3, -0.25) is 19.7 Å². The smallest absolute Gasteiger partial charge is 0.422 e. The number of nitrogens with zero attached hydrogens (tertiary/aromatic N) is 6. The van der Waals surface area contributed by atoms with Crippen LogP contribution >= 0.6 is 22.9 Å². The van der Waals surface area contributed by atoms with Crippen molar-refractivity contribution in [1.82, 2.24) is 35.4 Å². The molecule has 4 N–H and O–H groups in total. The third kappa shape index (κ3) is 11.1.